The van der Waals surface area contributed by atoms with Gasteiger partial charge in [0, 0.05) is 16.0 Å². The van der Waals surface area contributed by atoms with Crippen LogP contribution in [0, 0.1) is 0 Å². The van der Waals surface area contributed by atoms with Crippen molar-refractivity contribution in [3.63, 3.8) is 0 Å². The highest BCUT2D eigenvalue weighted by molar-refractivity contribution is 9.10. The summed E-state index contributed by atoms with van der Waals surface area (Å²) < 4.78 is 11.5. The van der Waals surface area contributed by atoms with Crippen molar-refractivity contribution in [1.82, 2.24) is 5.32 Å². The molecular formula is C18H19BrClNO3. The summed E-state index contributed by atoms with van der Waals surface area (Å²) in [7, 11) is 3.20. The van der Waals surface area contributed by atoms with Crippen LogP contribution >= 0.6 is 27.5 Å². The zero-order valence-corrected chi connectivity index (χ0v) is 15.9. The Kier molecular flexibility index (Phi) is 6.94. The molecule has 6 heteroatoms. The number of nitrogens with one attached hydrogen (secondary N) is 1. The van der Waals surface area contributed by atoms with E-state index in [1.165, 1.54) is 0 Å². The summed E-state index contributed by atoms with van der Waals surface area (Å²) in [5, 5.41) is 3.59. The fourth-order valence-electron chi connectivity index (χ4n) is 2.27. The monoisotopic (exact) mass is 411 g/mol. The number of carbonyl (C=O) groups is 1. The first-order valence-corrected chi connectivity index (χ1v) is 8.62. The Hall–Kier alpha value is -1.72. The van der Waals surface area contributed by atoms with Crippen molar-refractivity contribution >= 4 is 33.4 Å². The third-order valence-electron chi connectivity index (χ3n) is 3.55. The molecule has 1 amide bonds. The van der Waals surface area contributed by atoms with Crippen molar-refractivity contribution in [2.75, 3.05) is 20.8 Å². The van der Waals surface area contributed by atoms with Crippen molar-refractivity contribution in [3.8, 4) is 11.5 Å². The van der Waals surface area contributed by atoms with Gasteiger partial charge in [-0.1, -0.05) is 39.7 Å². The molecular weight excluding hydrogens is 394 g/mol. The molecule has 0 atom stereocenters. The lowest BCUT2D eigenvalue weighted by Crippen LogP contribution is -2.27. The lowest BCUT2D eigenvalue weighted by molar-refractivity contribution is -0.120. The average Bonchev–Trinajstić information content (AvgIpc) is 2.58. The molecule has 0 spiro atoms. The van der Waals surface area contributed by atoms with Gasteiger partial charge in [0.25, 0.3) is 0 Å². The first kappa shape index (κ1) is 18.6. The van der Waals surface area contributed by atoms with Crippen LogP contribution in [0.15, 0.2) is 40.9 Å². The number of carbonyl (C=O) groups excluding carboxylic acids is 1. The SMILES string of the molecule is COc1cc(Br)c(CCNC(=O)Cc2ccc(Cl)cc2)cc1OC. The van der Waals surface area contributed by atoms with E-state index in [1.807, 2.05) is 24.3 Å². The van der Waals surface area contributed by atoms with Gasteiger partial charge in [0.1, 0.15) is 0 Å². The zero-order chi connectivity index (χ0) is 17.5. The third kappa shape index (κ3) is 5.14. The summed E-state index contributed by atoms with van der Waals surface area (Å²) in [4.78, 5) is 12.0. The van der Waals surface area contributed by atoms with E-state index in [1.54, 1.807) is 26.4 Å². The Balaban J connectivity index is 1.89. The van der Waals surface area contributed by atoms with Crippen LogP contribution in [0.3, 0.4) is 0 Å². The molecule has 0 unspecified atom stereocenters. The molecule has 0 heterocycles. The molecule has 0 aliphatic carbocycles. The number of halogens is 2. The van der Waals surface area contributed by atoms with Crippen LogP contribution in [0.5, 0.6) is 11.5 Å². The van der Waals surface area contributed by atoms with Gasteiger partial charge < -0.3 is 14.8 Å². The molecule has 0 aliphatic rings. The molecule has 0 saturated heterocycles. The van der Waals surface area contributed by atoms with Crippen LogP contribution in [-0.2, 0) is 17.6 Å². The van der Waals surface area contributed by atoms with Gasteiger partial charge in [-0.2, -0.15) is 0 Å². The Morgan fingerprint density at radius 1 is 1.12 bits per heavy atom. The van der Waals surface area contributed by atoms with Gasteiger partial charge in [0.05, 0.1) is 20.6 Å². The highest BCUT2D eigenvalue weighted by Crippen LogP contribution is 2.33. The predicted molar refractivity (Wildman–Crippen MR) is 99.1 cm³/mol. The molecule has 2 aromatic carbocycles. The molecule has 0 saturated carbocycles. The van der Waals surface area contributed by atoms with Gasteiger partial charge in [-0.3, -0.25) is 4.79 Å². The minimum absolute atomic E-state index is 0.0195. The number of rotatable bonds is 7. The number of methoxy groups -OCH3 is 2. The largest absolute Gasteiger partial charge is 0.493 e. The topological polar surface area (TPSA) is 47.6 Å². The van der Waals surface area contributed by atoms with Crippen LogP contribution in [-0.4, -0.2) is 26.7 Å². The standard InChI is InChI=1S/C18H19BrClNO3/c1-23-16-10-13(15(19)11-17(16)24-2)7-8-21-18(22)9-12-3-5-14(20)6-4-12/h3-6,10-11H,7-9H2,1-2H3,(H,21,22). The van der Waals surface area contributed by atoms with Crippen molar-refractivity contribution in [2.45, 2.75) is 12.8 Å². The van der Waals surface area contributed by atoms with Crippen LogP contribution in [0.25, 0.3) is 0 Å². The first-order valence-electron chi connectivity index (χ1n) is 7.45. The van der Waals surface area contributed by atoms with E-state index in [9.17, 15) is 4.79 Å². The maximum Gasteiger partial charge on any atom is 0.224 e. The van der Waals surface area contributed by atoms with E-state index in [0.29, 0.717) is 35.9 Å². The van der Waals surface area contributed by atoms with E-state index < -0.39 is 0 Å². The Labute approximate surface area is 155 Å². The summed E-state index contributed by atoms with van der Waals surface area (Å²) in [6.07, 6.45) is 1.03. The number of amides is 1. The number of benzene rings is 2. The molecule has 1 N–H and O–H groups in total. The number of ether oxygens (including phenoxy) is 2. The predicted octanol–water partition coefficient (Wildman–Crippen LogP) is 4.02. The van der Waals surface area contributed by atoms with Gasteiger partial charge in [0.15, 0.2) is 11.5 Å². The van der Waals surface area contributed by atoms with E-state index >= 15 is 0 Å². The first-order chi connectivity index (χ1) is 11.5. The number of hydrogen-bond acceptors (Lipinski definition) is 3. The van der Waals surface area contributed by atoms with Crippen molar-refractivity contribution < 1.29 is 14.3 Å². The van der Waals surface area contributed by atoms with Gasteiger partial charge in [-0.05, 0) is 41.8 Å². The summed E-state index contributed by atoms with van der Waals surface area (Å²) in [6.45, 7) is 0.542. The summed E-state index contributed by atoms with van der Waals surface area (Å²) in [5.41, 5.74) is 1.98. The van der Waals surface area contributed by atoms with Crippen LogP contribution in [0.1, 0.15) is 11.1 Å². The molecule has 2 rings (SSSR count). The second kappa shape index (κ2) is 8.94. The normalized spacial score (nSPS) is 10.3. The zero-order valence-electron chi connectivity index (χ0n) is 13.6. The van der Waals surface area contributed by atoms with Gasteiger partial charge in [0.2, 0.25) is 5.91 Å². The third-order valence-corrected chi connectivity index (χ3v) is 4.54. The Morgan fingerprint density at radius 3 is 2.38 bits per heavy atom. The highest BCUT2D eigenvalue weighted by Gasteiger charge is 2.10. The van der Waals surface area contributed by atoms with E-state index in [2.05, 4.69) is 21.2 Å². The average molecular weight is 413 g/mol. The lowest BCUT2D eigenvalue weighted by atomic mass is 10.1. The summed E-state index contributed by atoms with van der Waals surface area (Å²) in [5.74, 6) is 1.32. The van der Waals surface area contributed by atoms with Crippen LogP contribution in [0.2, 0.25) is 5.02 Å². The maximum atomic E-state index is 12.0. The van der Waals surface area contributed by atoms with E-state index in [-0.39, 0.29) is 5.91 Å². The van der Waals surface area contributed by atoms with Crippen LogP contribution < -0.4 is 14.8 Å². The minimum Gasteiger partial charge on any atom is -0.493 e. The summed E-state index contributed by atoms with van der Waals surface area (Å²) >= 11 is 9.35. The van der Waals surface area contributed by atoms with Gasteiger partial charge >= 0.3 is 0 Å². The second-order valence-corrected chi connectivity index (χ2v) is 6.49. The molecule has 0 fully saturated rings. The highest BCUT2D eigenvalue weighted by atomic mass is 79.9. The van der Waals surface area contributed by atoms with Gasteiger partial charge in [-0.15, -0.1) is 0 Å². The smallest absolute Gasteiger partial charge is 0.224 e. The second-order valence-electron chi connectivity index (χ2n) is 5.20. The molecule has 0 aromatic heterocycles. The fourth-order valence-corrected chi connectivity index (χ4v) is 2.92. The van der Waals surface area contributed by atoms with Crippen LogP contribution in [0.4, 0.5) is 0 Å². The maximum absolute atomic E-state index is 12.0. The molecule has 4 nitrogen and oxygen atoms in total. The Morgan fingerprint density at radius 2 is 1.75 bits per heavy atom. The molecule has 0 radical (unpaired) electrons. The molecule has 0 bridgehead atoms. The van der Waals surface area contributed by atoms with Crippen molar-refractivity contribution in [1.29, 1.82) is 0 Å². The van der Waals surface area contributed by atoms with Crippen molar-refractivity contribution in [2.24, 2.45) is 0 Å². The molecule has 0 aliphatic heterocycles. The van der Waals surface area contributed by atoms with Gasteiger partial charge in [-0.25, -0.2) is 0 Å². The summed E-state index contributed by atoms with van der Waals surface area (Å²) in [6, 6.07) is 11.0. The number of hydrogen-bond donors (Lipinski definition) is 1. The quantitative estimate of drug-likeness (QED) is 0.747. The minimum atomic E-state index is -0.0195. The van der Waals surface area contributed by atoms with E-state index in [0.717, 1.165) is 15.6 Å². The van der Waals surface area contributed by atoms with E-state index in [4.69, 9.17) is 21.1 Å². The fraction of sp³-hybridized carbons (Fsp3) is 0.278. The molecule has 24 heavy (non-hydrogen) atoms. The Bertz CT molecular complexity index is 704. The van der Waals surface area contributed by atoms with Crippen molar-refractivity contribution in [3.05, 3.63) is 57.0 Å². The lowest BCUT2D eigenvalue weighted by Gasteiger charge is -2.12. The molecule has 2 aromatic rings. The molecule has 128 valence electrons.